The monoisotopic (exact) mass is 761 g/mol. The minimum absolute atomic E-state index is 0.0767. The van der Waals surface area contributed by atoms with E-state index in [4.69, 9.17) is 0 Å². The van der Waals surface area contributed by atoms with E-state index in [0.29, 0.717) is 0 Å². The average Bonchev–Trinajstić information content (AvgIpc) is 3.25. The van der Waals surface area contributed by atoms with Crippen molar-refractivity contribution in [2.24, 2.45) is 0 Å². The van der Waals surface area contributed by atoms with Gasteiger partial charge in [-0.05, 0) is 140 Å². The molecule has 1 aliphatic carbocycles. The van der Waals surface area contributed by atoms with E-state index in [0.717, 1.165) is 11.4 Å². The van der Waals surface area contributed by atoms with Crippen LogP contribution in [0.15, 0.2) is 164 Å². The quantitative estimate of drug-likeness (QED) is 0.170. The fourth-order valence-corrected chi connectivity index (χ4v) is 9.65. The number of aryl methyl sites for hydroxylation is 2. The second-order valence-corrected chi connectivity index (χ2v) is 18.1. The molecule has 1 heterocycles. The predicted octanol–water partition coefficient (Wildman–Crippen LogP) is 14.0. The molecule has 8 aromatic carbocycles. The zero-order valence-electron chi connectivity index (χ0n) is 35.0. The van der Waals surface area contributed by atoms with Crippen molar-refractivity contribution in [2.75, 3.05) is 10.2 Å². The van der Waals surface area contributed by atoms with Gasteiger partial charge in [-0.15, -0.1) is 0 Å². The molecule has 0 unspecified atom stereocenters. The third-order valence-corrected chi connectivity index (χ3v) is 13.1. The maximum Gasteiger partial charge on any atom is 0.197 e. The standard InChI is InChI=1S/C56H50BN2/c1-36-31-45(53-44-20-14-13-19-41(44)25-28-49(53)58-43-26-23-40(24-27-43)38-15-9-7-10-16-38)54-52(32-36)59(50-33-42(22-21-37(50)2)39-17-11-8-12-18-39)51-35-47-46(34-48(51)57-54)55(3,4)29-30-56(47,5)6/h7-28,31-35,58H,29-30H2,1-6H3. The molecule has 10 rings (SSSR count). The fourth-order valence-electron chi connectivity index (χ4n) is 9.65. The van der Waals surface area contributed by atoms with Gasteiger partial charge in [0.1, 0.15) is 0 Å². The number of fused-ring (bicyclic) bond motifs is 4. The van der Waals surface area contributed by atoms with Gasteiger partial charge in [0.2, 0.25) is 0 Å². The molecule has 0 amide bonds. The van der Waals surface area contributed by atoms with Crippen molar-refractivity contribution in [1.82, 2.24) is 0 Å². The lowest BCUT2D eigenvalue weighted by atomic mass is 9.55. The molecule has 8 aromatic rings. The second-order valence-electron chi connectivity index (χ2n) is 18.1. The molecule has 1 aliphatic heterocycles. The van der Waals surface area contributed by atoms with Gasteiger partial charge < -0.3 is 10.2 Å². The number of rotatable bonds is 6. The third-order valence-electron chi connectivity index (χ3n) is 13.1. The molecule has 3 heteroatoms. The molecule has 2 nitrogen and oxygen atoms in total. The smallest absolute Gasteiger partial charge is 0.197 e. The molecule has 0 saturated heterocycles. The topological polar surface area (TPSA) is 15.3 Å². The van der Waals surface area contributed by atoms with Crippen LogP contribution in [-0.2, 0) is 10.8 Å². The predicted molar refractivity (Wildman–Crippen MR) is 254 cm³/mol. The van der Waals surface area contributed by atoms with E-state index >= 15 is 0 Å². The molecule has 0 aromatic heterocycles. The van der Waals surface area contributed by atoms with Gasteiger partial charge in [-0.25, -0.2) is 0 Å². The molecule has 2 aliphatic rings. The zero-order valence-corrected chi connectivity index (χ0v) is 35.0. The molecular weight excluding hydrogens is 711 g/mol. The SMILES string of the molecule is Cc1cc(-c2c(Nc3ccc(-c4ccccc4)cc3)ccc3ccccc23)c2c(c1)N(c1cc(-c3ccccc3)ccc1C)c1cc3c(cc1[B]2)C(C)(C)CCC3(C)C. The van der Waals surface area contributed by atoms with E-state index in [1.165, 1.54) is 107 Å². The number of benzene rings is 8. The lowest BCUT2D eigenvalue weighted by molar-refractivity contribution is 0.332. The van der Waals surface area contributed by atoms with Crippen molar-refractivity contribution in [3.63, 3.8) is 0 Å². The highest BCUT2D eigenvalue weighted by Crippen LogP contribution is 2.49. The lowest BCUT2D eigenvalue weighted by Gasteiger charge is -2.44. The second kappa shape index (κ2) is 14.2. The van der Waals surface area contributed by atoms with E-state index in [1.54, 1.807) is 0 Å². The van der Waals surface area contributed by atoms with Crippen LogP contribution in [0.25, 0.3) is 44.2 Å². The Balaban J connectivity index is 1.20. The summed E-state index contributed by atoms with van der Waals surface area (Å²) in [5.41, 5.74) is 21.2. The van der Waals surface area contributed by atoms with E-state index in [2.05, 4.69) is 223 Å². The molecule has 0 bridgehead atoms. The van der Waals surface area contributed by atoms with E-state index < -0.39 is 0 Å². The summed E-state index contributed by atoms with van der Waals surface area (Å²) in [6.07, 6.45) is 2.34. The summed E-state index contributed by atoms with van der Waals surface area (Å²) >= 11 is 0. The van der Waals surface area contributed by atoms with Gasteiger partial charge in [0.25, 0.3) is 0 Å². The Morgan fingerprint density at radius 3 is 1.85 bits per heavy atom. The number of nitrogens with zero attached hydrogens (tertiary/aromatic N) is 1. The molecule has 1 N–H and O–H groups in total. The Morgan fingerprint density at radius 2 is 1.14 bits per heavy atom. The van der Waals surface area contributed by atoms with E-state index in [9.17, 15) is 0 Å². The van der Waals surface area contributed by atoms with Crippen molar-refractivity contribution in [3.05, 3.63) is 186 Å². The maximum absolute atomic E-state index is 3.90. The Kier molecular flexibility index (Phi) is 8.90. The van der Waals surface area contributed by atoms with Crippen LogP contribution in [0, 0.1) is 13.8 Å². The van der Waals surface area contributed by atoms with Gasteiger partial charge in [0.05, 0.1) is 0 Å². The van der Waals surface area contributed by atoms with Crippen LogP contribution in [0.4, 0.5) is 28.4 Å². The minimum atomic E-state index is 0.0767. The fraction of sp³-hybridized carbons (Fsp3) is 0.179. The summed E-state index contributed by atoms with van der Waals surface area (Å²) in [6.45, 7) is 14.3. The van der Waals surface area contributed by atoms with Crippen LogP contribution in [0.1, 0.15) is 62.8 Å². The van der Waals surface area contributed by atoms with Crippen molar-refractivity contribution in [3.8, 4) is 33.4 Å². The molecule has 0 saturated carbocycles. The first-order valence-corrected chi connectivity index (χ1v) is 21.1. The third kappa shape index (κ3) is 6.54. The summed E-state index contributed by atoms with van der Waals surface area (Å²) < 4.78 is 0. The van der Waals surface area contributed by atoms with E-state index in [1.807, 2.05) is 0 Å². The van der Waals surface area contributed by atoms with Crippen LogP contribution in [0.2, 0.25) is 0 Å². The normalized spacial score (nSPS) is 14.8. The first-order valence-electron chi connectivity index (χ1n) is 21.1. The molecule has 1 radical (unpaired) electrons. The Bertz CT molecular complexity index is 2890. The summed E-state index contributed by atoms with van der Waals surface area (Å²) in [5, 5.41) is 6.35. The zero-order chi connectivity index (χ0) is 40.5. The van der Waals surface area contributed by atoms with Gasteiger partial charge in [-0.1, -0.05) is 161 Å². The summed E-state index contributed by atoms with van der Waals surface area (Å²) in [5.74, 6) is 0. The highest BCUT2D eigenvalue weighted by molar-refractivity contribution is 6.73. The molecular formula is C56H50BN2. The Labute approximate surface area is 350 Å². The number of anilines is 5. The van der Waals surface area contributed by atoms with Crippen LogP contribution < -0.4 is 21.1 Å². The van der Waals surface area contributed by atoms with Crippen molar-refractivity contribution >= 4 is 57.4 Å². The minimum Gasteiger partial charge on any atom is -0.355 e. The maximum atomic E-state index is 3.90. The van der Waals surface area contributed by atoms with Gasteiger partial charge in [0.15, 0.2) is 7.28 Å². The lowest BCUT2D eigenvalue weighted by Crippen LogP contribution is -2.44. The average molecular weight is 762 g/mol. The van der Waals surface area contributed by atoms with Crippen LogP contribution in [-0.4, -0.2) is 7.28 Å². The van der Waals surface area contributed by atoms with Gasteiger partial charge in [-0.3, -0.25) is 0 Å². The first-order chi connectivity index (χ1) is 28.5. The Morgan fingerprint density at radius 1 is 0.525 bits per heavy atom. The molecule has 0 fully saturated rings. The summed E-state index contributed by atoms with van der Waals surface area (Å²) in [7, 11) is 2.49. The highest BCUT2D eigenvalue weighted by Gasteiger charge is 2.40. The van der Waals surface area contributed by atoms with Crippen LogP contribution in [0.5, 0.6) is 0 Å². The number of hydrogen-bond acceptors (Lipinski definition) is 2. The number of hydrogen-bond donors (Lipinski definition) is 1. The first kappa shape index (κ1) is 37.0. The molecule has 59 heavy (non-hydrogen) atoms. The molecule has 287 valence electrons. The number of nitrogens with one attached hydrogen (secondary N) is 1. The summed E-state index contributed by atoms with van der Waals surface area (Å²) in [4.78, 5) is 2.58. The van der Waals surface area contributed by atoms with Crippen molar-refractivity contribution < 1.29 is 0 Å². The molecule has 0 atom stereocenters. The van der Waals surface area contributed by atoms with E-state index in [-0.39, 0.29) is 10.8 Å². The van der Waals surface area contributed by atoms with Crippen LogP contribution >= 0.6 is 0 Å². The van der Waals surface area contributed by atoms with Crippen molar-refractivity contribution in [2.45, 2.75) is 65.2 Å². The van der Waals surface area contributed by atoms with Gasteiger partial charge >= 0.3 is 0 Å². The summed E-state index contributed by atoms with van der Waals surface area (Å²) in [6, 6.07) is 60.4. The van der Waals surface area contributed by atoms with Crippen LogP contribution in [0.3, 0.4) is 0 Å². The Hall–Kier alpha value is -6.32. The molecule has 0 spiro atoms. The van der Waals surface area contributed by atoms with Gasteiger partial charge in [0, 0.05) is 34.0 Å². The highest BCUT2D eigenvalue weighted by atomic mass is 15.2. The van der Waals surface area contributed by atoms with Gasteiger partial charge in [-0.2, -0.15) is 0 Å². The van der Waals surface area contributed by atoms with Crippen molar-refractivity contribution in [1.29, 1.82) is 0 Å². The largest absolute Gasteiger partial charge is 0.355 e.